The molecule has 0 bridgehead atoms. The Morgan fingerprint density at radius 2 is 1.38 bits per heavy atom. The third-order valence-corrected chi connectivity index (χ3v) is 5.63. The largest absolute Gasteiger partial charge is 0.302 e. The molecule has 138 valence electrons. The Hall–Kier alpha value is -0.240. The fourth-order valence-electron chi connectivity index (χ4n) is 3.29. The summed E-state index contributed by atoms with van der Waals surface area (Å²) in [5, 5.41) is 1.37. The lowest BCUT2D eigenvalue weighted by atomic mass is 9.98. The number of rotatable bonds is 13. The van der Waals surface area contributed by atoms with E-state index in [9.17, 15) is 0 Å². The van der Waals surface area contributed by atoms with E-state index >= 15 is 0 Å². The van der Waals surface area contributed by atoms with E-state index in [2.05, 4.69) is 32.0 Å². The normalized spacial score (nSPS) is 12.8. The van der Waals surface area contributed by atoms with Gasteiger partial charge in [-0.25, -0.2) is 0 Å². The van der Waals surface area contributed by atoms with Gasteiger partial charge in [-0.05, 0) is 32.1 Å². The summed E-state index contributed by atoms with van der Waals surface area (Å²) in [6.07, 6.45) is 14.8. The smallest absolute Gasteiger partial charge is 0.0640 e. The molecule has 0 spiro atoms. The van der Waals surface area contributed by atoms with Crippen molar-refractivity contribution in [3.05, 3.63) is 33.8 Å². The molecular weight excluding hydrogens is 337 g/mol. The molecule has 1 aromatic carbocycles. The fourth-order valence-corrected chi connectivity index (χ4v) is 3.73. The van der Waals surface area contributed by atoms with Crippen LogP contribution in [0.4, 0.5) is 0 Å². The summed E-state index contributed by atoms with van der Waals surface area (Å²) in [5.41, 5.74) is 1.16. The molecule has 24 heavy (non-hydrogen) atoms. The quantitative estimate of drug-likeness (QED) is 0.318. The van der Waals surface area contributed by atoms with Crippen LogP contribution in [0.2, 0.25) is 10.0 Å². The average Bonchev–Trinajstić information content (AvgIpc) is 2.55. The average molecular weight is 372 g/mol. The van der Waals surface area contributed by atoms with Crippen LogP contribution in [0.5, 0.6) is 0 Å². The van der Waals surface area contributed by atoms with Gasteiger partial charge in [0.2, 0.25) is 0 Å². The molecule has 0 amide bonds. The van der Waals surface area contributed by atoms with Gasteiger partial charge in [0.1, 0.15) is 0 Å². The summed E-state index contributed by atoms with van der Waals surface area (Å²) < 4.78 is 0. The Morgan fingerprint density at radius 1 is 0.833 bits per heavy atom. The topological polar surface area (TPSA) is 3.24 Å². The maximum absolute atomic E-state index is 6.41. The van der Waals surface area contributed by atoms with Crippen LogP contribution in [0.15, 0.2) is 18.2 Å². The van der Waals surface area contributed by atoms with E-state index in [0.29, 0.717) is 16.1 Å². The molecule has 0 heterocycles. The number of hydrogen-bond donors (Lipinski definition) is 0. The predicted octanol–water partition coefficient (Wildman–Crippen LogP) is 7.91. The van der Waals surface area contributed by atoms with Crippen molar-refractivity contribution in [3.63, 3.8) is 0 Å². The second-order valence-corrected chi connectivity index (χ2v) is 7.88. The van der Waals surface area contributed by atoms with Gasteiger partial charge in [-0.1, -0.05) is 106 Å². The first-order chi connectivity index (χ1) is 11.6. The van der Waals surface area contributed by atoms with Crippen LogP contribution in [0, 0.1) is 0 Å². The first kappa shape index (κ1) is 21.8. The van der Waals surface area contributed by atoms with Crippen LogP contribution in [0.3, 0.4) is 0 Å². The number of halogens is 2. The Labute approximate surface area is 159 Å². The lowest BCUT2D eigenvalue weighted by Crippen LogP contribution is -2.20. The molecule has 0 aliphatic rings. The maximum Gasteiger partial charge on any atom is 0.0640 e. The Morgan fingerprint density at radius 3 is 1.92 bits per heavy atom. The highest BCUT2D eigenvalue weighted by Crippen LogP contribution is 2.34. The molecule has 0 radical (unpaired) electrons. The molecule has 0 aliphatic heterocycles. The molecular formula is C21H35Cl2N. The first-order valence-electron chi connectivity index (χ1n) is 9.68. The van der Waals surface area contributed by atoms with Crippen LogP contribution in [-0.4, -0.2) is 19.0 Å². The van der Waals surface area contributed by atoms with Gasteiger partial charge < -0.3 is 4.90 Å². The molecule has 0 aromatic heterocycles. The van der Waals surface area contributed by atoms with E-state index in [1.54, 1.807) is 0 Å². The summed E-state index contributed by atoms with van der Waals surface area (Å²) in [6.45, 7) is 2.28. The maximum atomic E-state index is 6.41. The van der Waals surface area contributed by atoms with Crippen molar-refractivity contribution >= 4 is 23.2 Å². The van der Waals surface area contributed by atoms with Gasteiger partial charge in [-0.15, -0.1) is 0 Å². The van der Waals surface area contributed by atoms with Crippen molar-refractivity contribution in [1.29, 1.82) is 0 Å². The van der Waals surface area contributed by atoms with Crippen molar-refractivity contribution in [1.82, 2.24) is 4.90 Å². The van der Waals surface area contributed by atoms with E-state index < -0.39 is 0 Å². The molecule has 1 unspecified atom stereocenters. The van der Waals surface area contributed by atoms with Crippen molar-refractivity contribution < 1.29 is 0 Å². The first-order valence-corrected chi connectivity index (χ1v) is 10.4. The monoisotopic (exact) mass is 371 g/mol. The molecule has 1 atom stereocenters. The van der Waals surface area contributed by atoms with Crippen LogP contribution >= 0.6 is 23.2 Å². The number of benzene rings is 1. The van der Waals surface area contributed by atoms with E-state index in [4.69, 9.17) is 23.2 Å². The van der Waals surface area contributed by atoms with Crippen molar-refractivity contribution in [3.8, 4) is 0 Å². The van der Waals surface area contributed by atoms with Crippen molar-refractivity contribution in [2.45, 2.75) is 83.6 Å². The third kappa shape index (κ3) is 8.23. The van der Waals surface area contributed by atoms with Gasteiger partial charge in [0, 0.05) is 6.04 Å². The minimum atomic E-state index is 0.352. The molecule has 0 N–H and O–H groups in total. The van der Waals surface area contributed by atoms with Gasteiger partial charge in [0.25, 0.3) is 0 Å². The molecule has 3 heteroatoms. The second-order valence-electron chi connectivity index (χ2n) is 7.09. The van der Waals surface area contributed by atoms with Crippen LogP contribution < -0.4 is 0 Å². The summed E-state index contributed by atoms with van der Waals surface area (Å²) >= 11 is 12.6. The van der Waals surface area contributed by atoms with Gasteiger partial charge in [0.15, 0.2) is 0 Å². The van der Waals surface area contributed by atoms with Crippen molar-refractivity contribution in [2.24, 2.45) is 0 Å². The summed E-state index contributed by atoms with van der Waals surface area (Å²) in [7, 11) is 4.25. The molecule has 1 nitrogen and oxygen atoms in total. The van der Waals surface area contributed by atoms with Gasteiger partial charge in [0.05, 0.1) is 10.0 Å². The van der Waals surface area contributed by atoms with E-state index in [1.165, 1.54) is 64.2 Å². The highest BCUT2D eigenvalue weighted by atomic mass is 35.5. The third-order valence-electron chi connectivity index (χ3n) is 4.79. The zero-order valence-electron chi connectivity index (χ0n) is 15.8. The molecule has 0 saturated heterocycles. The SMILES string of the molecule is CCCCCCCCCCCCC(c1cccc(Cl)c1Cl)N(C)C. The van der Waals surface area contributed by atoms with E-state index in [1.807, 2.05) is 12.1 Å². The Balaban J connectivity index is 2.25. The zero-order chi connectivity index (χ0) is 17.8. The zero-order valence-corrected chi connectivity index (χ0v) is 17.3. The lowest BCUT2D eigenvalue weighted by Gasteiger charge is -2.26. The molecule has 0 fully saturated rings. The van der Waals surface area contributed by atoms with E-state index in [-0.39, 0.29) is 0 Å². The van der Waals surface area contributed by atoms with Crippen LogP contribution in [-0.2, 0) is 0 Å². The highest BCUT2D eigenvalue weighted by molar-refractivity contribution is 6.42. The molecule has 0 saturated carbocycles. The molecule has 1 aromatic rings. The van der Waals surface area contributed by atoms with E-state index in [0.717, 1.165) is 12.0 Å². The Bertz CT molecular complexity index is 445. The minimum absolute atomic E-state index is 0.352. The second kappa shape index (κ2) is 13.0. The highest BCUT2D eigenvalue weighted by Gasteiger charge is 2.17. The number of nitrogens with zero attached hydrogens (tertiary/aromatic N) is 1. The standard InChI is InChI=1S/C21H35Cl2N/c1-4-5-6-7-8-9-10-11-12-13-17-20(24(2)3)18-15-14-16-19(22)21(18)23/h14-16,20H,4-13,17H2,1-3H3. The predicted molar refractivity (Wildman–Crippen MR) is 109 cm³/mol. The van der Waals surface area contributed by atoms with Crippen LogP contribution in [0.1, 0.15) is 89.2 Å². The summed E-state index contributed by atoms with van der Waals surface area (Å²) in [4.78, 5) is 2.26. The number of unbranched alkanes of at least 4 members (excludes halogenated alkanes) is 9. The minimum Gasteiger partial charge on any atom is -0.302 e. The summed E-state index contributed by atoms with van der Waals surface area (Å²) in [6, 6.07) is 6.32. The number of hydrogen-bond acceptors (Lipinski definition) is 1. The molecule has 0 aliphatic carbocycles. The van der Waals surface area contributed by atoms with Gasteiger partial charge in [-0.2, -0.15) is 0 Å². The van der Waals surface area contributed by atoms with Crippen LogP contribution in [0.25, 0.3) is 0 Å². The fraction of sp³-hybridized carbons (Fsp3) is 0.714. The summed E-state index contributed by atoms with van der Waals surface area (Å²) in [5.74, 6) is 0. The van der Waals surface area contributed by atoms with Gasteiger partial charge >= 0.3 is 0 Å². The van der Waals surface area contributed by atoms with Crippen molar-refractivity contribution in [2.75, 3.05) is 14.1 Å². The molecule has 1 rings (SSSR count). The Kier molecular flexibility index (Phi) is 11.8. The van der Waals surface area contributed by atoms with Gasteiger partial charge in [-0.3, -0.25) is 0 Å². The lowest BCUT2D eigenvalue weighted by molar-refractivity contribution is 0.276.